The molecule has 0 saturated heterocycles. The molecular formula is C50H29BF24N2O. The number of aromatic nitrogens is 2. The average Bonchev–Trinajstić information content (AvgIpc) is 3.44. The number of benzene rings is 6. The molecule has 0 spiro atoms. The first kappa shape index (κ1) is 59.8. The van der Waals surface area contributed by atoms with Gasteiger partial charge in [0.05, 0.1) is 50.7 Å². The van der Waals surface area contributed by atoms with E-state index in [1.165, 1.54) is 5.56 Å². The Morgan fingerprint density at radius 2 is 0.667 bits per heavy atom. The molecule has 0 N–H and O–H groups in total. The molecule has 0 bridgehead atoms. The number of alkyl halides is 24. The van der Waals surface area contributed by atoms with Gasteiger partial charge in [0.1, 0.15) is 18.1 Å². The third kappa shape index (κ3) is 13.8. The summed E-state index contributed by atoms with van der Waals surface area (Å²) in [4.78, 5) is 4.17. The number of hydrogen-bond donors (Lipinski definition) is 0. The van der Waals surface area contributed by atoms with Gasteiger partial charge in [-0.1, -0.05) is 97.1 Å². The number of hydrogen-bond acceptors (Lipinski definition) is 2. The van der Waals surface area contributed by atoms with E-state index in [9.17, 15) is 105 Å². The molecule has 0 amide bonds. The van der Waals surface area contributed by atoms with Crippen LogP contribution in [0.4, 0.5) is 105 Å². The van der Waals surface area contributed by atoms with E-state index in [4.69, 9.17) is 4.74 Å². The van der Waals surface area contributed by atoms with Crippen LogP contribution >= 0.6 is 0 Å². The Morgan fingerprint density at radius 3 is 0.949 bits per heavy atom. The zero-order valence-electron chi connectivity index (χ0n) is 38.5. The van der Waals surface area contributed by atoms with Gasteiger partial charge in [0.2, 0.25) is 0 Å². The molecule has 0 aliphatic rings. The Balaban J connectivity index is 0.000000387. The van der Waals surface area contributed by atoms with Gasteiger partial charge in [-0.05, 0) is 42.8 Å². The van der Waals surface area contributed by atoms with Gasteiger partial charge in [0.15, 0.2) is 12.7 Å². The summed E-state index contributed by atoms with van der Waals surface area (Å²) in [6.45, 7) is 2.79. The molecule has 78 heavy (non-hydrogen) atoms. The van der Waals surface area contributed by atoms with Gasteiger partial charge < -0.3 is 4.74 Å². The minimum atomic E-state index is -6.13. The van der Waals surface area contributed by atoms with Gasteiger partial charge in [-0.15, -0.1) is 0 Å². The minimum Gasteiger partial charge on any atom is -0.404 e. The lowest BCUT2D eigenvalue weighted by Gasteiger charge is -2.46. The molecule has 0 unspecified atom stereocenters. The van der Waals surface area contributed by atoms with E-state index in [0.717, 1.165) is 23.7 Å². The molecule has 416 valence electrons. The van der Waals surface area contributed by atoms with Crippen molar-refractivity contribution in [2.75, 3.05) is 0 Å². The summed E-state index contributed by atoms with van der Waals surface area (Å²) in [5.74, 6) is 1.59. The molecule has 3 nitrogen and oxygen atoms in total. The highest BCUT2D eigenvalue weighted by Gasteiger charge is 2.47. The van der Waals surface area contributed by atoms with Crippen LogP contribution in [0.5, 0.6) is 11.6 Å². The van der Waals surface area contributed by atoms with Crippen LogP contribution < -0.4 is 31.2 Å². The fourth-order valence-electron chi connectivity index (χ4n) is 8.22. The number of para-hydroxylation sites is 1. The average molecular weight is 1140 g/mol. The number of rotatable bonds is 8. The van der Waals surface area contributed by atoms with Gasteiger partial charge >= 0.3 is 55.3 Å². The van der Waals surface area contributed by atoms with E-state index in [1.54, 1.807) is 12.4 Å². The molecule has 0 aliphatic carbocycles. The summed E-state index contributed by atoms with van der Waals surface area (Å²) in [5, 5.41) is 0. The van der Waals surface area contributed by atoms with Crippen molar-refractivity contribution in [2.45, 2.75) is 62.9 Å². The quantitative estimate of drug-likeness (QED) is 0.0861. The van der Waals surface area contributed by atoms with Crippen LogP contribution in [0.2, 0.25) is 0 Å². The van der Waals surface area contributed by atoms with Crippen molar-refractivity contribution in [3.05, 3.63) is 202 Å². The maximum Gasteiger partial charge on any atom is 0.416 e. The standard InChI is InChI=1S/C32H12BF24.C18H17N2O/c34-25(35,36)13-1-14(26(37,38)39)6-21(5-13)33(22-7-15(27(40,41)42)2-16(8-22)28(43,44)45,23-9-17(29(46,47)48)3-18(10-23)30(49,50)51)24-11-19(31(52,53)54)4-20(12-24)32(55,56)57;1-15-7-5-6-10-17(15)21-18-13-19-11-12-20(18)14-16-8-3-2-4-9-16/h1-12H;2-13H,14H2,1H3/q-1;+1. The first-order valence-electron chi connectivity index (χ1n) is 21.6. The SMILES string of the molecule is Cc1ccccc1Oc1cncc[n+]1Cc1ccccc1.FC(F)(F)c1cc([B-](c2cc(C(F)(F)F)cc(C(F)(F)F)c2)(c2cc(C(F)(F)F)cc(C(F)(F)F)c2)c2cc(C(F)(F)F)cc(C(F)(F)F)c2)cc(C(F)(F)F)c1. The Kier molecular flexibility index (Phi) is 16.2. The second-order valence-corrected chi connectivity index (χ2v) is 17.1. The zero-order chi connectivity index (χ0) is 58.4. The van der Waals surface area contributed by atoms with Gasteiger partial charge in [0, 0.05) is 5.56 Å². The van der Waals surface area contributed by atoms with Crippen molar-refractivity contribution >= 4 is 28.0 Å². The first-order chi connectivity index (χ1) is 35.6. The molecule has 7 rings (SSSR count). The van der Waals surface area contributed by atoms with Gasteiger partial charge in [-0.25, -0.2) is 4.98 Å². The second-order valence-electron chi connectivity index (χ2n) is 17.1. The summed E-state index contributed by atoms with van der Waals surface area (Å²) >= 11 is 0. The highest BCUT2D eigenvalue weighted by molar-refractivity contribution is 7.20. The molecule has 7 aromatic rings. The lowest BCUT2D eigenvalue weighted by molar-refractivity contribution is -0.692. The summed E-state index contributed by atoms with van der Waals surface area (Å²) in [5.41, 5.74) is -27.9. The lowest BCUT2D eigenvalue weighted by atomic mass is 9.12. The van der Waals surface area contributed by atoms with Crippen LogP contribution in [0, 0.1) is 6.92 Å². The van der Waals surface area contributed by atoms with Crippen molar-refractivity contribution in [2.24, 2.45) is 0 Å². The van der Waals surface area contributed by atoms with E-state index >= 15 is 0 Å². The van der Waals surface area contributed by atoms with Crippen LogP contribution in [-0.4, -0.2) is 11.1 Å². The number of halogens is 24. The topological polar surface area (TPSA) is 26.0 Å². The van der Waals surface area contributed by atoms with Gasteiger partial charge in [0.25, 0.3) is 0 Å². The maximum absolute atomic E-state index is 14.2. The number of ether oxygens (including phenoxy) is 1. The molecule has 0 saturated carbocycles. The molecule has 28 heteroatoms. The third-order valence-electron chi connectivity index (χ3n) is 11.7. The summed E-state index contributed by atoms with van der Waals surface area (Å²) in [7, 11) is 0. The van der Waals surface area contributed by atoms with E-state index in [1.807, 2.05) is 55.6 Å². The van der Waals surface area contributed by atoms with Crippen molar-refractivity contribution in [1.29, 1.82) is 0 Å². The highest BCUT2D eigenvalue weighted by atomic mass is 19.4. The van der Waals surface area contributed by atoms with Crippen LogP contribution in [0.3, 0.4) is 0 Å². The summed E-state index contributed by atoms with van der Waals surface area (Å²) in [6.07, 6.45) is -49.4. The van der Waals surface area contributed by atoms with Crippen LogP contribution in [0.25, 0.3) is 0 Å². The second kappa shape index (κ2) is 21.1. The third-order valence-corrected chi connectivity index (χ3v) is 11.7. The maximum atomic E-state index is 14.2. The van der Waals surface area contributed by atoms with Crippen molar-refractivity contribution in [1.82, 2.24) is 4.98 Å². The largest absolute Gasteiger partial charge is 0.416 e. The van der Waals surface area contributed by atoms with E-state index in [0.29, 0.717) is 0 Å². The Labute approximate surface area is 423 Å². The van der Waals surface area contributed by atoms with Crippen molar-refractivity contribution in [3.63, 3.8) is 0 Å². The zero-order valence-corrected chi connectivity index (χ0v) is 38.5. The fourth-order valence-corrected chi connectivity index (χ4v) is 8.22. The molecule has 1 heterocycles. The smallest absolute Gasteiger partial charge is 0.404 e. The van der Waals surface area contributed by atoms with Crippen LogP contribution in [0.15, 0.2) is 146 Å². The Morgan fingerprint density at radius 1 is 0.385 bits per heavy atom. The molecule has 6 aromatic carbocycles. The Hall–Kier alpha value is -7.42. The van der Waals surface area contributed by atoms with Crippen molar-refractivity contribution < 1.29 is 115 Å². The number of nitrogens with zero attached hydrogens (tertiary/aromatic N) is 2. The summed E-state index contributed by atoms with van der Waals surface area (Å²) < 4.78 is 349. The normalized spacial score (nSPS) is 13.2. The van der Waals surface area contributed by atoms with E-state index < -0.39 is 195 Å². The van der Waals surface area contributed by atoms with Crippen molar-refractivity contribution in [3.8, 4) is 11.6 Å². The Bertz CT molecular complexity index is 2820. The molecule has 0 aliphatic heterocycles. The molecule has 0 fully saturated rings. The van der Waals surface area contributed by atoms with E-state index in [2.05, 4.69) is 21.7 Å². The predicted molar refractivity (Wildman–Crippen MR) is 231 cm³/mol. The summed E-state index contributed by atoms with van der Waals surface area (Å²) in [6, 6.07) is 9.47. The lowest BCUT2D eigenvalue weighted by Crippen LogP contribution is -2.75. The minimum absolute atomic E-state index is 0.691. The van der Waals surface area contributed by atoms with Gasteiger partial charge in [-0.3, -0.25) is 0 Å². The molecule has 0 radical (unpaired) electrons. The van der Waals surface area contributed by atoms with E-state index in [-0.39, 0.29) is 0 Å². The van der Waals surface area contributed by atoms with Gasteiger partial charge in [-0.2, -0.15) is 132 Å². The first-order valence-corrected chi connectivity index (χ1v) is 21.6. The molecular weight excluding hydrogens is 1110 g/mol. The monoisotopic (exact) mass is 1140 g/mol. The van der Waals surface area contributed by atoms with Crippen LogP contribution in [0.1, 0.15) is 55.6 Å². The predicted octanol–water partition coefficient (Wildman–Crippen LogP) is 14.7. The molecule has 0 atom stereocenters. The molecule has 1 aromatic heterocycles. The number of aryl methyl sites for hydroxylation is 1. The van der Waals surface area contributed by atoms with Crippen LogP contribution in [-0.2, 0) is 56.0 Å². The highest BCUT2D eigenvalue weighted by Crippen LogP contribution is 2.41. The fraction of sp³-hybridized carbons (Fsp3) is 0.200.